The largest absolute Gasteiger partial charge is 0.480 e. The average molecular weight is 239 g/mol. The van der Waals surface area contributed by atoms with Gasteiger partial charge < -0.3 is 20.2 Å². The fraction of sp³-hybridized carbons (Fsp3) is 0.500. The van der Waals surface area contributed by atoms with Crippen LogP contribution in [0.5, 0.6) is 0 Å². The van der Waals surface area contributed by atoms with Crippen molar-refractivity contribution in [2.24, 2.45) is 0 Å². The Bertz CT molecular complexity index is 450. The second-order valence-electron chi connectivity index (χ2n) is 4.06. The Kier molecular flexibility index (Phi) is 2.74. The van der Waals surface area contributed by atoms with Crippen molar-refractivity contribution < 1.29 is 19.1 Å². The SMILES string of the molecule is Cc1cnc(CNC(=O)NC2(C(=O)O)CC2)o1. The van der Waals surface area contributed by atoms with Crippen LogP contribution in [0, 0.1) is 6.92 Å². The van der Waals surface area contributed by atoms with Gasteiger partial charge in [-0.15, -0.1) is 0 Å². The van der Waals surface area contributed by atoms with Crippen LogP contribution >= 0.6 is 0 Å². The molecule has 0 aromatic carbocycles. The summed E-state index contributed by atoms with van der Waals surface area (Å²) in [6, 6.07) is -0.527. The lowest BCUT2D eigenvalue weighted by molar-refractivity contribution is -0.140. The van der Waals surface area contributed by atoms with Gasteiger partial charge in [0, 0.05) is 0 Å². The highest BCUT2D eigenvalue weighted by Gasteiger charge is 2.51. The third kappa shape index (κ3) is 2.55. The number of nitrogens with one attached hydrogen (secondary N) is 2. The van der Waals surface area contributed by atoms with Gasteiger partial charge in [-0.05, 0) is 19.8 Å². The molecule has 0 atom stereocenters. The molecule has 1 aliphatic rings. The molecule has 0 unspecified atom stereocenters. The van der Waals surface area contributed by atoms with E-state index in [1.807, 2.05) is 0 Å². The van der Waals surface area contributed by atoms with Crippen LogP contribution in [0.25, 0.3) is 0 Å². The minimum atomic E-state index is -1.07. The van der Waals surface area contributed by atoms with Crippen molar-refractivity contribution in [1.82, 2.24) is 15.6 Å². The topological polar surface area (TPSA) is 104 Å². The Morgan fingerprint density at radius 2 is 2.29 bits per heavy atom. The number of carboxylic acids is 1. The lowest BCUT2D eigenvalue weighted by Gasteiger charge is -2.12. The van der Waals surface area contributed by atoms with Crippen LogP contribution < -0.4 is 10.6 Å². The number of carboxylic acid groups (broad SMARTS) is 1. The van der Waals surface area contributed by atoms with Crippen LogP contribution in [-0.2, 0) is 11.3 Å². The maximum absolute atomic E-state index is 11.4. The normalized spacial score (nSPS) is 16.3. The lowest BCUT2D eigenvalue weighted by Crippen LogP contribution is -2.47. The summed E-state index contributed by atoms with van der Waals surface area (Å²) < 4.78 is 5.16. The van der Waals surface area contributed by atoms with E-state index in [4.69, 9.17) is 9.52 Å². The molecule has 1 aliphatic carbocycles. The smallest absolute Gasteiger partial charge is 0.329 e. The van der Waals surface area contributed by atoms with E-state index < -0.39 is 17.5 Å². The Morgan fingerprint density at radius 1 is 1.59 bits per heavy atom. The molecule has 2 amide bonds. The van der Waals surface area contributed by atoms with E-state index in [0.717, 1.165) is 0 Å². The Hall–Kier alpha value is -2.05. The second-order valence-corrected chi connectivity index (χ2v) is 4.06. The molecule has 17 heavy (non-hydrogen) atoms. The number of carbonyl (C=O) groups excluding carboxylic acids is 1. The second kappa shape index (κ2) is 4.08. The van der Waals surface area contributed by atoms with Crippen molar-refractivity contribution in [1.29, 1.82) is 0 Å². The van der Waals surface area contributed by atoms with Gasteiger partial charge in [-0.25, -0.2) is 14.6 Å². The van der Waals surface area contributed by atoms with Crippen molar-refractivity contribution in [3.8, 4) is 0 Å². The number of rotatable bonds is 4. The van der Waals surface area contributed by atoms with Crippen LogP contribution in [0.4, 0.5) is 4.79 Å². The summed E-state index contributed by atoms with van der Waals surface area (Å²) in [5.74, 6) is 0.0452. The molecule has 0 radical (unpaired) electrons. The van der Waals surface area contributed by atoms with Gasteiger partial charge in [0.25, 0.3) is 0 Å². The van der Waals surface area contributed by atoms with E-state index >= 15 is 0 Å². The van der Waals surface area contributed by atoms with Gasteiger partial charge in [0.15, 0.2) is 0 Å². The number of hydrogen-bond donors (Lipinski definition) is 3. The summed E-state index contributed by atoms with van der Waals surface area (Å²) in [5.41, 5.74) is -1.07. The molecular formula is C10H13N3O4. The number of hydrogen-bond acceptors (Lipinski definition) is 4. The van der Waals surface area contributed by atoms with Gasteiger partial charge >= 0.3 is 12.0 Å². The lowest BCUT2D eigenvalue weighted by atomic mass is 10.3. The fourth-order valence-electron chi connectivity index (χ4n) is 1.42. The first-order valence-electron chi connectivity index (χ1n) is 5.22. The van der Waals surface area contributed by atoms with Gasteiger partial charge in [-0.2, -0.15) is 0 Å². The van der Waals surface area contributed by atoms with Gasteiger partial charge in [-0.3, -0.25) is 0 Å². The monoisotopic (exact) mass is 239 g/mol. The highest BCUT2D eigenvalue weighted by Crippen LogP contribution is 2.35. The summed E-state index contributed by atoms with van der Waals surface area (Å²) >= 11 is 0. The maximum atomic E-state index is 11.4. The van der Waals surface area contributed by atoms with Crippen molar-refractivity contribution in [3.63, 3.8) is 0 Å². The van der Waals surface area contributed by atoms with Gasteiger partial charge in [0.05, 0.1) is 12.7 Å². The maximum Gasteiger partial charge on any atom is 0.329 e. The first-order valence-corrected chi connectivity index (χ1v) is 5.22. The Balaban J connectivity index is 1.80. The number of aliphatic carboxylic acids is 1. The summed E-state index contributed by atoms with van der Waals surface area (Å²) in [6.07, 6.45) is 2.48. The van der Waals surface area contributed by atoms with Crippen molar-refractivity contribution in [2.45, 2.75) is 31.8 Å². The average Bonchev–Trinajstić information content (AvgIpc) is 2.92. The molecule has 3 N–H and O–H groups in total. The molecule has 0 saturated heterocycles. The molecule has 1 aromatic heterocycles. The van der Waals surface area contributed by atoms with E-state index in [9.17, 15) is 9.59 Å². The zero-order valence-corrected chi connectivity index (χ0v) is 9.32. The molecule has 1 heterocycles. The highest BCUT2D eigenvalue weighted by molar-refractivity contribution is 5.88. The zero-order chi connectivity index (χ0) is 12.5. The molecule has 1 saturated carbocycles. The molecule has 2 rings (SSSR count). The number of urea groups is 1. The zero-order valence-electron chi connectivity index (χ0n) is 9.32. The van der Waals surface area contributed by atoms with E-state index in [-0.39, 0.29) is 6.54 Å². The van der Waals surface area contributed by atoms with Crippen LogP contribution in [0.15, 0.2) is 10.6 Å². The summed E-state index contributed by atoms with van der Waals surface area (Å²) in [5, 5.41) is 13.8. The van der Waals surface area contributed by atoms with E-state index in [1.54, 1.807) is 13.1 Å². The predicted molar refractivity (Wildman–Crippen MR) is 56.2 cm³/mol. The molecular weight excluding hydrogens is 226 g/mol. The summed E-state index contributed by atoms with van der Waals surface area (Å²) in [4.78, 5) is 26.2. The van der Waals surface area contributed by atoms with E-state index in [1.165, 1.54) is 0 Å². The molecule has 0 bridgehead atoms. The first kappa shape index (κ1) is 11.4. The van der Waals surface area contributed by atoms with Crippen molar-refractivity contribution in [3.05, 3.63) is 17.8 Å². The van der Waals surface area contributed by atoms with Gasteiger partial charge in [0.1, 0.15) is 11.3 Å². The standard InChI is InChI=1S/C10H13N3O4/c1-6-4-11-7(17-6)5-12-9(16)13-10(2-3-10)8(14)15/h4H,2-3,5H2,1H3,(H,14,15)(H2,12,13,16). The van der Waals surface area contributed by atoms with E-state index in [2.05, 4.69) is 15.6 Å². The predicted octanol–water partition coefficient (Wildman–Crippen LogP) is 0.399. The third-order valence-corrected chi connectivity index (χ3v) is 2.58. The van der Waals surface area contributed by atoms with Crippen molar-refractivity contribution >= 4 is 12.0 Å². The van der Waals surface area contributed by atoms with Gasteiger partial charge in [0.2, 0.25) is 5.89 Å². The first-order chi connectivity index (χ1) is 8.02. The minimum absolute atomic E-state index is 0.134. The van der Waals surface area contributed by atoms with Crippen LogP contribution in [0.3, 0.4) is 0 Å². The Labute approximate surface area is 97.2 Å². The Morgan fingerprint density at radius 3 is 2.76 bits per heavy atom. The van der Waals surface area contributed by atoms with E-state index in [0.29, 0.717) is 24.5 Å². The number of aromatic nitrogens is 1. The van der Waals surface area contributed by atoms with Crippen molar-refractivity contribution in [2.75, 3.05) is 0 Å². The van der Waals surface area contributed by atoms with Crippen LogP contribution in [-0.4, -0.2) is 27.6 Å². The third-order valence-electron chi connectivity index (χ3n) is 2.58. The van der Waals surface area contributed by atoms with Crippen LogP contribution in [0.2, 0.25) is 0 Å². The summed E-state index contributed by atoms with van der Waals surface area (Å²) in [6.45, 7) is 1.88. The summed E-state index contributed by atoms with van der Waals surface area (Å²) in [7, 11) is 0. The molecule has 0 aliphatic heterocycles. The number of nitrogens with zero attached hydrogens (tertiary/aromatic N) is 1. The molecule has 7 nitrogen and oxygen atoms in total. The molecule has 92 valence electrons. The van der Waals surface area contributed by atoms with Gasteiger partial charge in [-0.1, -0.05) is 0 Å². The molecule has 0 spiro atoms. The molecule has 1 fully saturated rings. The number of amides is 2. The molecule has 7 heteroatoms. The molecule has 1 aromatic rings. The highest BCUT2D eigenvalue weighted by atomic mass is 16.4. The number of carbonyl (C=O) groups is 2. The van der Waals surface area contributed by atoms with Crippen LogP contribution in [0.1, 0.15) is 24.5 Å². The fourth-order valence-corrected chi connectivity index (χ4v) is 1.42. The minimum Gasteiger partial charge on any atom is -0.480 e. The quantitative estimate of drug-likeness (QED) is 0.705. The number of aryl methyl sites for hydroxylation is 1. The number of oxazole rings is 1.